The number of hydrogen-bond donors (Lipinski definition) is 1. The quantitative estimate of drug-likeness (QED) is 0.895. The lowest BCUT2D eigenvalue weighted by molar-refractivity contribution is 0.168. The molecule has 0 amide bonds. The molecule has 1 aromatic carbocycles. The molecule has 0 spiro atoms. The number of benzene rings is 1. The zero-order valence-electron chi connectivity index (χ0n) is 13.3. The van der Waals surface area contributed by atoms with Gasteiger partial charge in [0.1, 0.15) is 5.75 Å². The van der Waals surface area contributed by atoms with Crippen LogP contribution >= 0.6 is 0 Å². The number of ether oxygens (including phenoxy) is 1. The topological polar surface area (TPSA) is 24.5 Å². The maximum Gasteiger partial charge on any atom is 0.123 e. The van der Waals surface area contributed by atoms with Crippen LogP contribution in [-0.4, -0.2) is 38.2 Å². The first kappa shape index (κ1) is 15.3. The van der Waals surface area contributed by atoms with Crippen molar-refractivity contribution in [2.75, 3.05) is 21.2 Å². The molecule has 1 saturated carbocycles. The standard InChI is InChI=1S/C17H28N2O/c1-13-5-10-17(20-4)14(11-13)12-19(3)16-8-6-15(18-2)7-9-16/h5,10-11,15-16,18H,6-9,12H2,1-4H3. The van der Waals surface area contributed by atoms with Crippen molar-refractivity contribution in [1.82, 2.24) is 10.2 Å². The minimum atomic E-state index is 0.699. The van der Waals surface area contributed by atoms with Crippen LogP contribution in [-0.2, 0) is 6.54 Å². The molecule has 1 aliphatic carbocycles. The van der Waals surface area contributed by atoms with Crippen LogP contribution in [0.5, 0.6) is 5.75 Å². The van der Waals surface area contributed by atoms with E-state index in [0.29, 0.717) is 12.1 Å². The summed E-state index contributed by atoms with van der Waals surface area (Å²) in [7, 11) is 6.07. The highest BCUT2D eigenvalue weighted by atomic mass is 16.5. The van der Waals surface area contributed by atoms with Crippen molar-refractivity contribution in [2.45, 2.75) is 51.2 Å². The lowest BCUT2D eigenvalue weighted by Crippen LogP contribution is -2.39. The van der Waals surface area contributed by atoms with Gasteiger partial charge in [-0.15, -0.1) is 0 Å². The predicted octanol–water partition coefficient (Wildman–Crippen LogP) is 2.97. The smallest absolute Gasteiger partial charge is 0.123 e. The molecular weight excluding hydrogens is 248 g/mol. The van der Waals surface area contributed by atoms with E-state index in [9.17, 15) is 0 Å². The number of rotatable bonds is 5. The third-order valence-corrected chi connectivity index (χ3v) is 4.58. The first-order chi connectivity index (χ1) is 9.63. The van der Waals surface area contributed by atoms with Gasteiger partial charge < -0.3 is 10.1 Å². The monoisotopic (exact) mass is 276 g/mol. The first-order valence-electron chi connectivity index (χ1n) is 7.65. The van der Waals surface area contributed by atoms with Crippen molar-refractivity contribution in [3.8, 4) is 5.75 Å². The minimum absolute atomic E-state index is 0.699. The molecule has 0 aromatic heterocycles. The van der Waals surface area contributed by atoms with E-state index in [1.165, 1.54) is 36.8 Å². The molecule has 112 valence electrons. The van der Waals surface area contributed by atoms with Gasteiger partial charge in [-0.05, 0) is 52.8 Å². The van der Waals surface area contributed by atoms with Gasteiger partial charge in [-0.3, -0.25) is 4.90 Å². The summed E-state index contributed by atoms with van der Waals surface area (Å²) in [6.07, 6.45) is 5.15. The van der Waals surface area contributed by atoms with Gasteiger partial charge in [-0.25, -0.2) is 0 Å². The summed E-state index contributed by atoms with van der Waals surface area (Å²) in [6, 6.07) is 7.85. The van der Waals surface area contributed by atoms with Gasteiger partial charge in [0.05, 0.1) is 7.11 Å². The van der Waals surface area contributed by atoms with Gasteiger partial charge >= 0.3 is 0 Å². The summed E-state index contributed by atoms with van der Waals surface area (Å²) in [5, 5.41) is 3.40. The van der Waals surface area contributed by atoms with Gasteiger partial charge in [-0.1, -0.05) is 17.7 Å². The van der Waals surface area contributed by atoms with E-state index in [-0.39, 0.29) is 0 Å². The molecule has 0 bridgehead atoms. The lowest BCUT2D eigenvalue weighted by Gasteiger charge is -2.34. The molecule has 0 atom stereocenters. The average Bonchev–Trinajstić information content (AvgIpc) is 2.47. The van der Waals surface area contributed by atoms with Crippen molar-refractivity contribution < 1.29 is 4.74 Å². The zero-order chi connectivity index (χ0) is 14.5. The Morgan fingerprint density at radius 1 is 1.25 bits per heavy atom. The number of nitrogens with zero attached hydrogens (tertiary/aromatic N) is 1. The zero-order valence-corrected chi connectivity index (χ0v) is 13.3. The summed E-state index contributed by atoms with van der Waals surface area (Å²) in [6.45, 7) is 3.11. The second kappa shape index (κ2) is 7.09. The second-order valence-corrected chi connectivity index (χ2v) is 6.02. The van der Waals surface area contributed by atoms with Crippen molar-refractivity contribution in [3.63, 3.8) is 0 Å². The Labute approximate surface area is 123 Å². The second-order valence-electron chi connectivity index (χ2n) is 6.02. The fourth-order valence-corrected chi connectivity index (χ4v) is 3.23. The maximum atomic E-state index is 5.49. The Morgan fingerprint density at radius 2 is 1.95 bits per heavy atom. The average molecular weight is 276 g/mol. The predicted molar refractivity (Wildman–Crippen MR) is 84.3 cm³/mol. The lowest BCUT2D eigenvalue weighted by atomic mass is 9.90. The molecule has 1 aromatic rings. The van der Waals surface area contributed by atoms with Gasteiger partial charge in [0, 0.05) is 24.2 Å². The fraction of sp³-hybridized carbons (Fsp3) is 0.647. The van der Waals surface area contributed by atoms with Gasteiger partial charge in [-0.2, -0.15) is 0 Å². The summed E-state index contributed by atoms with van der Waals surface area (Å²) in [4.78, 5) is 2.49. The SMILES string of the molecule is CNC1CCC(N(C)Cc2cc(C)ccc2OC)CC1. The normalized spacial score (nSPS) is 23.1. The Kier molecular flexibility index (Phi) is 5.44. The highest BCUT2D eigenvalue weighted by molar-refractivity contribution is 5.36. The van der Waals surface area contributed by atoms with Gasteiger partial charge in [0.15, 0.2) is 0 Å². The molecule has 0 saturated heterocycles. The van der Waals surface area contributed by atoms with Gasteiger partial charge in [0.25, 0.3) is 0 Å². The van der Waals surface area contributed by atoms with E-state index in [2.05, 4.69) is 49.4 Å². The molecule has 0 aliphatic heterocycles. The Bertz CT molecular complexity index is 425. The molecule has 3 nitrogen and oxygen atoms in total. The van der Waals surface area contributed by atoms with Crippen LogP contribution in [0.4, 0.5) is 0 Å². The molecule has 1 N–H and O–H groups in total. The third-order valence-electron chi connectivity index (χ3n) is 4.58. The summed E-state index contributed by atoms with van der Waals surface area (Å²) in [5.74, 6) is 1.01. The van der Waals surface area contributed by atoms with Crippen LogP contribution in [0.25, 0.3) is 0 Å². The molecule has 1 aliphatic rings. The van der Waals surface area contributed by atoms with E-state index >= 15 is 0 Å². The summed E-state index contributed by atoms with van der Waals surface area (Å²) >= 11 is 0. The van der Waals surface area contributed by atoms with Crippen LogP contribution in [0.3, 0.4) is 0 Å². The highest BCUT2D eigenvalue weighted by Gasteiger charge is 2.23. The van der Waals surface area contributed by atoms with Crippen LogP contribution in [0.15, 0.2) is 18.2 Å². The highest BCUT2D eigenvalue weighted by Crippen LogP contribution is 2.26. The van der Waals surface area contributed by atoms with Crippen LogP contribution in [0.2, 0.25) is 0 Å². The molecule has 20 heavy (non-hydrogen) atoms. The van der Waals surface area contributed by atoms with Crippen molar-refractivity contribution >= 4 is 0 Å². The number of aryl methyl sites for hydroxylation is 1. The third kappa shape index (κ3) is 3.74. The van der Waals surface area contributed by atoms with Crippen molar-refractivity contribution in [2.24, 2.45) is 0 Å². The van der Waals surface area contributed by atoms with Crippen LogP contribution in [0.1, 0.15) is 36.8 Å². The first-order valence-corrected chi connectivity index (χ1v) is 7.65. The molecule has 0 unspecified atom stereocenters. The number of methoxy groups -OCH3 is 1. The van der Waals surface area contributed by atoms with E-state index < -0.39 is 0 Å². The van der Waals surface area contributed by atoms with E-state index in [0.717, 1.165) is 12.3 Å². The maximum absolute atomic E-state index is 5.49. The fourth-order valence-electron chi connectivity index (χ4n) is 3.23. The molecule has 0 heterocycles. The molecule has 2 rings (SSSR count). The molecule has 3 heteroatoms. The Balaban J connectivity index is 1.97. The molecular formula is C17H28N2O. The van der Waals surface area contributed by atoms with Crippen LogP contribution < -0.4 is 10.1 Å². The van der Waals surface area contributed by atoms with Crippen molar-refractivity contribution in [1.29, 1.82) is 0 Å². The van der Waals surface area contributed by atoms with E-state index in [4.69, 9.17) is 4.74 Å². The van der Waals surface area contributed by atoms with E-state index in [1.807, 2.05) is 0 Å². The Morgan fingerprint density at radius 3 is 2.55 bits per heavy atom. The summed E-state index contributed by atoms with van der Waals surface area (Å²) < 4.78 is 5.49. The molecule has 0 radical (unpaired) electrons. The number of hydrogen-bond acceptors (Lipinski definition) is 3. The van der Waals surface area contributed by atoms with Gasteiger partial charge in [0.2, 0.25) is 0 Å². The molecule has 1 fully saturated rings. The minimum Gasteiger partial charge on any atom is -0.496 e. The van der Waals surface area contributed by atoms with Crippen molar-refractivity contribution in [3.05, 3.63) is 29.3 Å². The largest absolute Gasteiger partial charge is 0.496 e. The summed E-state index contributed by atoms with van der Waals surface area (Å²) in [5.41, 5.74) is 2.60. The Hall–Kier alpha value is -1.06. The number of nitrogens with one attached hydrogen (secondary N) is 1. The van der Waals surface area contributed by atoms with Crippen LogP contribution in [0, 0.1) is 6.92 Å². The van der Waals surface area contributed by atoms with E-state index in [1.54, 1.807) is 7.11 Å².